The summed E-state index contributed by atoms with van der Waals surface area (Å²) in [4.78, 5) is 4.87. The van der Waals surface area contributed by atoms with Gasteiger partial charge in [0.05, 0.1) is 5.69 Å². The Hall–Kier alpha value is -3.19. The van der Waals surface area contributed by atoms with E-state index < -0.39 is 0 Å². The molecular formula is C27H25N. The molecular weight excluding hydrogens is 338 g/mol. The van der Waals surface area contributed by atoms with Gasteiger partial charge < -0.3 is 0 Å². The zero-order chi connectivity index (χ0) is 19.7. The number of hydrogen-bond donors (Lipinski definition) is 0. The molecule has 0 N–H and O–H groups in total. The summed E-state index contributed by atoms with van der Waals surface area (Å²) in [6, 6.07) is 8.20. The zero-order valence-electron chi connectivity index (χ0n) is 16.4. The van der Waals surface area contributed by atoms with Crippen LogP contribution >= 0.6 is 0 Å². The van der Waals surface area contributed by atoms with Gasteiger partial charge in [-0.2, -0.15) is 0 Å². The highest BCUT2D eigenvalue weighted by atomic mass is 14.7. The predicted molar refractivity (Wildman–Crippen MR) is 120 cm³/mol. The average molecular weight is 364 g/mol. The molecule has 2 atom stereocenters. The molecule has 4 rings (SSSR count). The molecule has 3 aliphatic rings. The Kier molecular flexibility index (Phi) is 4.83. The van der Waals surface area contributed by atoms with Crippen molar-refractivity contribution >= 4 is 18.7 Å². The minimum atomic E-state index is 0.248. The molecule has 1 heterocycles. The van der Waals surface area contributed by atoms with Crippen LogP contribution in [0.2, 0.25) is 0 Å². The Labute approximate surface area is 167 Å². The van der Waals surface area contributed by atoms with Crippen LogP contribution in [0.5, 0.6) is 0 Å². The van der Waals surface area contributed by atoms with Gasteiger partial charge in [-0.3, -0.25) is 4.98 Å². The highest BCUT2D eigenvalue weighted by Gasteiger charge is 2.36. The first-order valence-electron chi connectivity index (χ1n) is 9.70. The molecule has 2 unspecified atom stereocenters. The van der Waals surface area contributed by atoms with Gasteiger partial charge in [-0.25, -0.2) is 0 Å². The second-order valence-electron chi connectivity index (χ2n) is 7.51. The van der Waals surface area contributed by atoms with Gasteiger partial charge in [0.1, 0.15) is 0 Å². The van der Waals surface area contributed by atoms with Crippen molar-refractivity contribution in [3.05, 3.63) is 118 Å². The van der Waals surface area contributed by atoms with Crippen molar-refractivity contribution in [1.29, 1.82) is 0 Å². The summed E-state index contributed by atoms with van der Waals surface area (Å²) in [6.07, 6.45) is 18.0. The van der Waals surface area contributed by atoms with Gasteiger partial charge in [0, 0.05) is 18.0 Å². The molecule has 28 heavy (non-hydrogen) atoms. The van der Waals surface area contributed by atoms with E-state index in [2.05, 4.69) is 81.3 Å². The lowest BCUT2D eigenvalue weighted by molar-refractivity contribution is 0.642. The Morgan fingerprint density at radius 2 is 1.89 bits per heavy atom. The van der Waals surface area contributed by atoms with Crippen molar-refractivity contribution in [2.75, 3.05) is 0 Å². The molecule has 0 radical (unpaired) electrons. The number of nitrogens with zero attached hydrogens (tertiary/aromatic N) is 1. The van der Waals surface area contributed by atoms with Crippen molar-refractivity contribution in [2.24, 2.45) is 5.92 Å². The van der Waals surface area contributed by atoms with E-state index in [0.717, 1.165) is 28.1 Å². The van der Waals surface area contributed by atoms with Crippen molar-refractivity contribution in [1.82, 2.24) is 4.98 Å². The Morgan fingerprint density at radius 1 is 1.04 bits per heavy atom. The smallest absolute Gasteiger partial charge is 0.0740 e. The summed E-state index contributed by atoms with van der Waals surface area (Å²) in [5, 5.41) is 1.92. The predicted octanol–water partition coefficient (Wildman–Crippen LogP) is 5.08. The van der Waals surface area contributed by atoms with Gasteiger partial charge in [0.15, 0.2) is 0 Å². The summed E-state index contributed by atoms with van der Waals surface area (Å²) in [6.45, 7) is 15.0. The van der Waals surface area contributed by atoms with Crippen LogP contribution in [0.1, 0.15) is 30.5 Å². The molecule has 0 saturated carbocycles. The van der Waals surface area contributed by atoms with Gasteiger partial charge in [-0.1, -0.05) is 86.0 Å². The Balaban J connectivity index is 2.14. The molecule has 0 aromatic carbocycles. The number of aromatic nitrogens is 1. The summed E-state index contributed by atoms with van der Waals surface area (Å²) in [5.74, 6) is 0.500. The van der Waals surface area contributed by atoms with E-state index in [4.69, 9.17) is 4.98 Å². The van der Waals surface area contributed by atoms with Crippen molar-refractivity contribution in [3.63, 3.8) is 0 Å². The highest BCUT2D eigenvalue weighted by molar-refractivity contribution is 5.79. The number of fused-ring (bicyclic) bond motifs is 4. The molecule has 2 bridgehead atoms. The van der Waals surface area contributed by atoms with E-state index in [1.165, 1.54) is 22.3 Å². The SMILES string of the molecule is C=C1/C=C\C=C/CC2=CC=CC3c4cccc(=C)ccnc(c4=C)/C(=C/1C)C23. The zero-order valence-corrected chi connectivity index (χ0v) is 16.4. The lowest BCUT2D eigenvalue weighted by Gasteiger charge is -2.37. The summed E-state index contributed by atoms with van der Waals surface area (Å²) >= 11 is 0. The van der Waals surface area contributed by atoms with Gasteiger partial charge in [-0.05, 0) is 52.1 Å². The van der Waals surface area contributed by atoms with Crippen LogP contribution in [-0.4, -0.2) is 4.98 Å². The first-order valence-corrected chi connectivity index (χ1v) is 9.70. The second-order valence-corrected chi connectivity index (χ2v) is 7.51. The molecule has 1 aromatic rings. The molecule has 0 saturated heterocycles. The Morgan fingerprint density at radius 3 is 2.75 bits per heavy atom. The van der Waals surface area contributed by atoms with Gasteiger partial charge in [0.25, 0.3) is 0 Å². The maximum Gasteiger partial charge on any atom is 0.0740 e. The van der Waals surface area contributed by atoms with Gasteiger partial charge in [-0.15, -0.1) is 0 Å². The summed E-state index contributed by atoms with van der Waals surface area (Å²) in [5.41, 5.74) is 7.03. The number of hydrogen-bond acceptors (Lipinski definition) is 1. The number of allylic oxidation sites excluding steroid dienone is 11. The minimum Gasteiger partial charge on any atom is -0.256 e. The number of rotatable bonds is 0. The van der Waals surface area contributed by atoms with Crippen LogP contribution in [0.3, 0.4) is 0 Å². The lowest BCUT2D eigenvalue weighted by Crippen LogP contribution is -2.32. The highest BCUT2D eigenvalue weighted by Crippen LogP contribution is 2.47. The molecule has 0 fully saturated rings. The maximum absolute atomic E-state index is 4.87. The molecule has 1 heteroatoms. The normalized spacial score (nSPS) is 27.2. The molecule has 0 aliphatic heterocycles. The fourth-order valence-corrected chi connectivity index (χ4v) is 4.30. The molecule has 0 spiro atoms. The van der Waals surface area contributed by atoms with Gasteiger partial charge in [0.2, 0.25) is 0 Å². The molecule has 1 nitrogen and oxygen atoms in total. The van der Waals surface area contributed by atoms with E-state index in [-0.39, 0.29) is 11.8 Å². The maximum atomic E-state index is 4.87. The van der Waals surface area contributed by atoms with E-state index in [1.54, 1.807) is 0 Å². The van der Waals surface area contributed by atoms with E-state index in [0.29, 0.717) is 0 Å². The fourth-order valence-electron chi connectivity index (χ4n) is 4.30. The van der Waals surface area contributed by atoms with E-state index >= 15 is 0 Å². The van der Waals surface area contributed by atoms with Crippen LogP contribution in [0.15, 0.2) is 96.3 Å². The largest absolute Gasteiger partial charge is 0.256 e. The van der Waals surface area contributed by atoms with Crippen molar-refractivity contribution in [2.45, 2.75) is 19.3 Å². The molecule has 1 aromatic heterocycles. The van der Waals surface area contributed by atoms with Crippen molar-refractivity contribution in [3.8, 4) is 0 Å². The molecule has 0 amide bonds. The second kappa shape index (κ2) is 7.44. The summed E-state index contributed by atoms with van der Waals surface area (Å²) < 4.78 is 0. The Bertz CT molecular complexity index is 1150. The van der Waals surface area contributed by atoms with Crippen molar-refractivity contribution < 1.29 is 0 Å². The first-order chi connectivity index (χ1) is 13.6. The molecule has 3 aliphatic carbocycles. The van der Waals surface area contributed by atoms with Crippen LogP contribution in [0, 0.1) is 5.92 Å². The van der Waals surface area contributed by atoms with Crippen LogP contribution in [0.4, 0.5) is 0 Å². The van der Waals surface area contributed by atoms with E-state index in [1.807, 2.05) is 18.3 Å². The fraction of sp³-hybridized carbons (Fsp3) is 0.148. The van der Waals surface area contributed by atoms with Gasteiger partial charge >= 0.3 is 0 Å². The topological polar surface area (TPSA) is 12.9 Å². The van der Waals surface area contributed by atoms with Crippen LogP contribution < -0.4 is 10.4 Å². The average Bonchev–Trinajstić information content (AvgIpc) is 2.68. The molecule has 138 valence electrons. The monoisotopic (exact) mass is 363 g/mol. The third-order valence-electron chi connectivity index (χ3n) is 5.81. The lowest BCUT2D eigenvalue weighted by atomic mass is 9.67. The third-order valence-corrected chi connectivity index (χ3v) is 5.81. The summed E-state index contributed by atoms with van der Waals surface area (Å²) in [7, 11) is 0. The van der Waals surface area contributed by atoms with E-state index in [9.17, 15) is 0 Å². The third kappa shape index (κ3) is 3.14. The minimum absolute atomic E-state index is 0.248. The van der Waals surface area contributed by atoms with Crippen LogP contribution in [0.25, 0.3) is 18.7 Å². The van der Waals surface area contributed by atoms with Crippen LogP contribution in [-0.2, 0) is 0 Å². The first kappa shape index (κ1) is 18.2. The quantitative estimate of drug-likeness (QED) is 0.626. The standard InChI is InChI=1S/C27H25N/c1-18-10-8-14-23-21(4)27(28-17-16-18)25-20(3)19(2)11-6-5-7-12-22-13-9-15-24(23)26(22)25/h5-11,13-17,24,26H,1-2,4,12H2,3H3/b7-5-,10-8?,11-6-,17-16?,23-14?,25-20+,28-27?.